The predicted molar refractivity (Wildman–Crippen MR) is 116 cm³/mol. The third-order valence-electron chi connectivity index (χ3n) is 5.62. The topological polar surface area (TPSA) is 59.0 Å². The van der Waals surface area contributed by atoms with Crippen LogP contribution in [0.15, 0.2) is 66.9 Å². The van der Waals surface area contributed by atoms with E-state index in [1.807, 2.05) is 28.9 Å². The van der Waals surface area contributed by atoms with E-state index in [1.165, 1.54) is 18.4 Å². The molecule has 1 aliphatic carbocycles. The first kappa shape index (κ1) is 19.4. The number of aromatic nitrogens is 2. The Morgan fingerprint density at radius 1 is 1.03 bits per heavy atom. The summed E-state index contributed by atoms with van der Waals surface area (Å²) in [6.07, 6.45) is 6.49. The molecule has 0 saturated heterocycles. The summed E-state index contributed by atoms with van der Waals surface area (Å²) in [7, 11) is 0. The summed E-state index contributed by atoms with van der Waals surface area (Å²) >= 11 is 0. The van der Waals surface area contributed by atoms with E-state index in [1.54, 1.807) is 6.20 Å². The first-order valence-electron chi connectivity index (χ1n) is 10.4. The number of amides is 1. The quantitative estimate of drug-likeness (QED) is 0.621. The third kappa shape index (κ3) is 4.74. The highest BCUT2D eigenvalue weighted by atomic mass is 16.2. The summed E-state index contributed by atoms with van der Waals surface area (Å²) in [6.45, 7) is 2.30. The molecule has 2 aromatic carbocycles. The molecule has 0 unspecified atom stereocenters. The van der Waals surface area contributed by atoms with E-state index in [-0.39, 0.29) is 18.5 Å². The second kappa shape index (κ2) is 9.05. The number of carbonyl (C=O) groups excluding carboxylic acids is 1. The van der Waals surface area contributed by atoms with Crippen LogP contribution in [0.2, 0.25) is 0 Å². The maximum atomic E-state index is 12.7. The number of aryl methyl sites for hydroxylation is 1. The number of benzene rings is 2. The van der Waals surface area contributed by atoms with Gasteiger partial charge in [0.1, 0.15) is 5.82 Å². The molecule has 1 aromatic heterocycles. The molecule has 5 heteroatoms. The van der Waals surface area contributed by atoms with Crippen LogP contribution in [-0.2, 0) is 4.79 Å². The number of hydrogen-bond donors (Lipinski definition) is 2. The van der Waals surface area contributed by atoms with Crippen molar-refractivity contribution in [2.24, 2.45) is 0 Å². The zero-order valence-corrected chi connectivity index (χ0v) is 16.8. The van der Waals surface area contributed by atoms with Crippen LogP contribution < -0.4 is 10.6 Å². The lowest BCUT2D eigenvalue weighted by molar-refractivity contribution is -0.115. The van der Waals surface area contributed by atoms with Crippen LogP contribution in [0.1, 0.15) is 54.5 Å². The lowest BCUT2D eigenvalue weighted by Gasteiger charge is -2.20. The van der Waals surface area contributed by atoms with Crippen LogP contribution in [0.5, 0.6) is 0 Å². The Hall–Kier alpha value is -2.92. The number of carbonyl (C=O) groups is 1. The maximum absolute atomic E-state index is 12.7. The highest BCUT2D eigenvalue weighted by Gasteiger charge is 2.21. The van der Waals surface area contributed by atoms with E-state index in [0.29, 0.717) is 6.04 Å². The van der Waals surface area contributed by atoms with Crippen molar-refractivity contribution in [2.45, 2.75) is 44.7 Å². The van der Waals surface area contributed by atoms with Gasteiger partial charge >= 0.3 is 0 Å². The Balaban J connectivity index is 1.44. The summed E-state index contributed by atoms with van der Waals surface area (Å²) in [5.41, 5.74) is 3.50. The summed E-state index contributed by atoms with van der Waals surface area (Å²) < 4.78 is 1.97. The fraction of sp³-hybridized carbons (Fsp3) is 0.333. The average molecular weight is 389 g/mol. The monoisotopic (exact) mass is 388 g/mol. The normalized spacial score (nSPS) is 15.3. The summed E-state index contributed by atoms with van der Waals surface area (Å²) in [4.78, 5) is 12.7. The predicted octanol–water partition coefficient (Wildman–Crippen LogP) is 4.62. The number of nitrogens with zero attached hydrogens (tertiary/aromatic N) is 2. The minimum absolute atomic E-state index is 0.0395. The van der Waals surface area contributed by atoms with Crippen LogP contribution in [-0.4, -0.2) is 22.2 Å². The fourth-order valence-electron chi connectivity index (χ4n) is 4.07. The standard InChI is InChI=1S/C24H28N4O/c1-18-11-13-20(14-12-18)24(19-7-3-2-4-8-19)25-17-23(29)27-22-15-16-26-28(22)21-9-5-6-10-21/h2-4,7-8,11-16,21,24-25H,5-6,9-10,17H2,1H3,(H,27,29)/t24-/m0/s1. The molecule has 1 heterocycles. The molecule has 150 valence electrons. The second-order valence-corrected chi connectivity index (χ2v) is 7.78. The van der Waals surface area contributed by atoms with Crippen LogP contribution in [0, 0.1) is 6.92 Å². The van der Waals surface area contributed by atoms with Gasteiger partial charge in [-0.3, -0.25) is 10.1 Å². The molecule has 3 aromatic rings. The Kier molecular flexibility index (Phi) is 6.06. The zero-order valence-electron chi connectivity index (χ0n) is 16.8. The molecule has 29 heavy (non-hydrogen) atoms. The highest BCUT2D eigenvalue weighted by molar-refractivity contribution is 5.91. The number of hydrogen-bond acceptors (Lipinski definition) is 3. The molecule has 0 spiro atoms. The van der Waals surface area contributed by atoms with Crippen molar-refractivity contribution in [3.63, 3.8) is 0 Å². The van der Waals surface area contributed by atoms with Gasteiger partial charge in [0.05, 0.1) is 24.8 Å². The zero-order chi connectivity index (χ0) is 20.1. The first-order valence-corrected chi connectivity index (χ1v) is 10.4. The smallest absolute Gasteiger partial charge is 0.239 e. The average Bonchev–Trinajstić information content (AvgIpc) is 3.42. The molecule has 1 fully saturated rings. The minimum Gasteiger partial charge on any atom is -0.310 e. The van der Waals surface area contributed by atoms with Crippen molar-refractivity contribution >= 4 is 11.7 Å². The van der Waals surface area contributed by atoms with Crippen molar-refractivity contribution in [1.29, 1.82) is 0 Å². The van der Waals surface area contributed by atoms with Crippen LogP contribution in [0.3, 0.4) is 0 Å². The lowest BCUT2D eigenvalue weighted by atomic mass is 9.98. The van der Waals surface area contributed by atoms with E-state index < -0.39 is 0 Å². The molecule has 1 saturated carbocycles. The molecule has 5 nitrogen and oxygen atoms in total. The van der Waals surface area contributed by atoms with Crippen molar-refractivity contribution in [1.82, 2.24) is 15.1 Å². The van der Waals surface area contributed by atoms with Gasteiger partial charge in [-0.05, 0) is 30.9 Å². The third-order valence-corrected chi connectivity index (χ3v) is 5.62. The Bertz CT molecular complexity index is 927. The minimum atomic E-state index is -0.0576. The van der Waals surface area contributed by atoms with Gasteiger partial charge < -0.3 is 5.32 Å². The van der Waals surface area contributed by atoms with Gasteiger partial charge in [-0.25, -0.2) is 4.68 Å². The molecule has 0 aliphatic heterocycles. The maximum Gasteiger partial charge on any atom is 0.239 e. The van der Waals surface area contributed by atoms with Crippen molar-refractivity contribution in [3.8, 4) is 0 Å². The van der Waals surface area contributed by atoms with Crippen LogP contribution in [0.4, 0.5) is 5.82 Å². The summed E-state index contributed by atoms with van der Waals surface area (Å²) in [5, 5.41) is 10.9. The molecule has 1 aliphatic rings. The number of nitrogens with one attached hydrogen (secondary N) is 2. The molecule has 4 rings (SSSR count). The number of anilines is 1. The Labute approximate surface area is 172 Å². The van der Waals surface area contributed by atoms with Gasteiger partial charge in [0.25, 0.3) is 0 Å². The van der Waals surface area contributed by atoms with Crippen LogP contribution >= 0.6 is 0 Å². The van der Waals surface area contributed by atoms with Gasteiger partial charge in [-0.1, -0.05) is 73.0 Å². The van der Waals surface area contributed by atoms with E-state index in [4.69, 9.17) is 0 Å². The molecule has 1 atom stereocenters. The van der Waals surface area contributed by atoms with E-state index >= 15 is 0 Å². The number of rotatable bonds is 7. The summed E-state index contributed by atoms with van der Waals surface area (Å²) in [5.74, 6) is 0.730. The van der Waals surface area contributed by atoms with Gasteiger partial charge in [0.15, 0.2) is 0 Å². The van der Waals surface area contributed by atoms with Gasteiger partial charge in [-0.2, -0.15) is 5.10 Å². The largest absolute Gasteiger partial charge is 0.310 e. The molecular weight excluding hydrogens is 360 g/mol. The molecule has 0 radical (unpaired) electrons. The Morgan fingerprint density at radius 2 is 1.72 bits per heavy atom. The second-order valence-electron chi connectivity index (χ2n) is 7.78. The van der Waals surface area contributed by atoms with Crippen molar-refractivity contribution in [3.05, 3.63) is 83.6 Å². The van der Waals surface area contributed by atoms with Crippen molar-refractivity contribution < 1.29 is 4.79 Å². The van der Waals surface area contributed by atoms with E-state index in [2.05, 4.69) is 59.1 Å². The lowest BCUT2D eigenvalue weighted by Crippen LogP contribution is -2.32. The van der Waals surface area contributed by atoms with Gasteiger partial charge in [0, 0.05) is 6.07 Å². The van der Waals surface area contributed by atoms with E-state index in [9.17, 15) is 4.79 Å². The molecular formula is C24H28N4O. The molecule has 0 bridgehead atoms. The van der Waals surface area contributed by atoms with E-state index in [0.717, 1.165) is 29.8 Å². The summed E-state index contributed by atoms with van der Waals surface area (Å²) in [6, 6.07) is 20.9. The van der Waals surface area contributed by atoms with Crippen LogP contribution in [0.25, 0.3) is 0 Å². The van der Waals surface area contributed by atoms with Crippen molar-refractivity contribution in [2.75, 3.05) is 11.9 Å². The molecule has 2 N–H and O–H groups in total. The first-order chi connectivity index (χ1) is 14.2. The molecule has 1 amide bonds. The van der Waals surface area contributed by atoms with Gasteiger partial charge in [0.2, 0.25) is 5.91 Å². The highest BCUT2D eigenvalue weighted by Crippen LogP contribution is 2.31. The Morgan fingerprint density at radius 3 is 2.45 bits per heavy atom. The SMILES string of the molecule is Cc1ccc([C@@H](NCC(=O)Nc2ccnn2C2CCCC2)c2ccccc2)cc1. The fourth-order valence-corrected chi connectivity index (χ4v) is 4.07. The van der Waals surface area contributed by atoms with Gasteiger partial charge in [-0.15, -0.1) is 0 Å².